The van der Waals surface area contributed by atoms with Crippen LogP contribution in [-0.2, 0) is 26.2 Å². The number of nitrogens with zero attached hydrogens (tertiary/aromatic N) is 2. The first-order valence-corrected chi connectivity index (χ1v) is 12.8. The molecule has 1 unspecified atom stereocenters. The van der Waals surface area contributed by atoms with Crippen LogP contribution in [0.4, 0.5) is 5.69 Å². The van der Waals surface area contributed by atoms with Gasteiger partial charge < -0.3 is 19.7 Å². The Labute approximate surface area is 200 Å². The van der Waals surface area contributed by atoms with E-state index in [2.05, 4.69) is 5.32 Å². The quantitative estimate of drug-likeness (QED) is 0.550. The molecule has 1 aliphatic heterocycles. The molecular formula is C24H31N3O6S. The molecule has 0 bridgehead atoms. The lowest BCUT2D eigenvalue weighted by Crippen LogP contribution is -2.51. The van der Waals surface area contributed by atoms with Gasteiger partial charge in [-0.15, -0.1) is 0 Å². The minimum atomic E-state index is -3.81. The van der Waals surface area contributed by atoms with Crippen molar-refractivity contribution in [3.8, 4) is 11.5 Å². The number of hydrogen-bond donors (Lipinski definition) is 1. The number of carbonyl (C=O) groups is 2. The first-order chi connectivity index (χ1) is 16.2. The van der Waals surface area contributed by atoms with E-state index in [9.17, 15) is 18.0 Å². The van der Waals surface area contributed by atoms with Gasteiger partial charge in [-0.05, 0) is 51.0 Å². The normalized spacial score (nSPS) is 13.3. The van der Waals surface area contributed by atoms with E-state index in [1.54, 1.807) is 32.0 Å². The predicted octanol–water partition coefficient (Wildman–Crippen LogP) is 2.43. The van der Waals surface area contributed by atoms with E-state index in [-0.39, 0.29) is 25.0 Å². The van der Waals surface area contributed by atoms with E-state index in [0.29, 0.717) is 23.7 Å². The molecule has 184 valence electrons. The molecule has 1 aliphatic rings. The van der Waals surface area contributed by atoms with Crippen molar-refractivity contribution in [2.75, 3.05) is 29.9 Å². The molecule has 3 rings (SSSR count). The van der Waals surface area contributed by atoms with Crippen molar-refractivity contribution in [1.29, 1.82) is 0 Å². The van der Waals surface area contributed by atoms with Gasteiger partial charge >= 0.3 is 0 Å². The summed E-state index contributed by atoms with van der Waals surface area (Å²) in [7, 11) is -3.81. The minimum Gasteiger partial charge on any atom is -0.454 e. The van der Waals surface area contributed by atoms with E-state index in [0.717, 1.165) is 15.4 Å². The molecule has 1 N–H and O–H groups in total. The first kappa shape index (κ1) is 25.4. The van der Waals surface area contributed by atoms with Crippen molar-refractivity contribution >= 4 is 27.5 Å². The Bertz CT molecular complexity index is 1150. The molecule has 9 nitrogen and oxygen atoms in total. The second-order valence-corrected chi connectivity index (χ2v) is 10.1. The average molecular weight is 490 g/mol. The van der Waals surface area contributed by atoms with Gasteiger partial charge in [-0.2, -0.15) is 0 Å². The van der Waals surface area contributed by atoms with Gasteiger partial charge in [0.05, 0.1) is 11.4 Å². The maximum absolute atomic E-state index is 13.6. The van der Waals surface area contributed by atoms with Crippen LogP contribution in [-0.4, -0.2) is 56.8 Å². The van der Waals surface area contributed by atoms with Gasteiger partial charge in [0.2, 0.25) is 28.6 Å². The summed E-state index contributed by atoms with van der Waals surface area (Å²) in [4.78, 5) is 27.6. The number of amides is 2. The smallest absolute Gasteiger partial charge is 0.244 e. The number of fused-ring (bicyclic) bond motifs is 1. The van der Waals surface area contributed by atoms with Crippen LogP contribution in [0, 0.1) is 6.92 Å². The zero-order valence-corrected chi connectivity index (χ0v) is 20.7. The van der Waals surface area contributed by atoms with Crippen LogP contribution in [0.3, 0.4) is 0 Å². The highest BCUT2D eigenvalue weighted by Gasteiger charge is 2.31. The average Bonchev–Trinajstić information content (AvgIpc) is 3.29. The number of rotatable bonds is 10. The highest BCUT2D eigenvalue weighted by molar-refractivity contribution is 7.92. The number of carbonyl (C=O) groups excluding carboxylic acids is 2. The summed E-state index contributed by atoms with van der Waals surface area (Å²) in [5.41, 5.74) is 2.14. The number of likely N-dealkylation sites (N-methyl/N-ethyl adjacent to an activating group) is 1. The zero-order chi connectivity index (χ0) is 24.9. The lowest BCUT2D eigenvalue weighted by Gasteiger charge is -2.32. The summed E-state index contributed by atoms with van der Waals surface area (Å²) in [5.74, 6) is -0.0731. The fraction of sp³-hybridized carbons (Fsp3) is 0.417. The molecular weight excluding hydrogens is 458 g/mol. The molecule has 2 aromatic rings. The molecule has 34 heavy (non-hydrogen) atoms. The summed E-state index contributed by atoms with van der Waals surface area (Å²) < 4.78 is 37.7. The number of nitrogens with one attached hydrogen (secondary N) is 1. The van der Waals surface area contributed by atoms with Gasteiger partial charge in [-0.1, -0.05) is 24.3 Å². The molecule has 0 aliphatic carbocycles. The van der Waals surface area contributed by atoms with E-state index in [1.165, 1.54) is 11.8 Å². The van der Waals surface area contributed by atoms with Crippen LogP contribution in [0.15, 0.2) is 42.5 Å². The fourth-order valence-electron chi connectivity index (χ4n) is 3.64. The standard InChI is InChI=1S/C24H31N3O6S/c1-5-25-24(29)18(4)26(14-19-10-8-7-9-17(19)3)23(28)15-27(34(30,31)6-2)20-11-12-21-22(13-20)33-16-32-21/h7-13,18H,5-6,14-16H2,1-4H3,(H,25,29). The van der Waals surface area contributed by atoms with Crippen LogP contribution in [0.5, 0.6) is 11.5 Å². The second kappa shape index (κ2) is 10.8. The first-order valence-electron chi connectivity index (χ1n) is 11.2. The van der Waals surface area contributed by atoms with E-state index >= 15 is 0 Å². The monoisotopic (exact) mass is 489 g/mol. The Balaban J connectivity index is 1.95. The highest BCUT2D eigenvalue weighted by Crippen LogP contribution is 2.36. The Morgan fingerprint density at radius 2 is 1.79 bits per heavy atom. The summed E-state index contributed by atoms with van der Waals surface area (Å²) in [6.07, 6.45) is 0. The molecule has 0 saturated heterocycles. The molecule has 2 aromatic carbocycles. The van der Waals surface area contributed by atoms with Crippen LogP contribution in [0.1, 0.15) is 31.9 Å². The van der Waals surface area contributed by atoms with E-state index in [1.807, 2.05) is 31.2 Å². The van der Waals surface area contributed by atoms with E-state index < -0.39 is 28.5 Å². The Morgan fingerprint density at radius 1 is 1.09 bits per heavy atom. The van der Waals surface area contributed by atoms with Crippen molar-refractivity contribution in [3.63, 3.8) is 0 Å². The second-order valence-electron chi connectivity index (χ2n) is 7.96. The third-order valence-corrected chi connectivity index (χ3v) is 7.48. The summed E-state index contributed by atoms with van der Waals surface area (Å²) in [6, 6.07) is 11.5. The zero-order valence-electron chi connectivity index (χ0n) is 19.9. The molecule has 0 spiro atoms. The summed E-state index contributed by atoms with van der Waals surface area (Å²) in [6.45, 7) is 7.07. The minimum absolute atomic E-state index is 0.0481. The summed E-state index contributed by atoms with van der Waals surface area (Å²) >= 11 is 0. The third kappa shape index (κ3) is 5.61. The van der Waals surface area contributed by atoms with Crippen molar-refractivity contribution in [3.05, 3.63) is 53.6 Å². The number of ether oxygens (including phenoxy) is 2. The van der Waals surface area contributed by atoms with Gasteiger partial charge in [-0.3, -0.25) is 13.9 Å². The lowest BCUT2D eigenvalue weighted by atomic mass is 10.1. The number of aryl methyl sites for hydroxylation is 1. The lowest BCUT2D eigenvalue weighted by molar-refractivity contribution is -0.139. The third-order valence-electron chi connectivity index (χ3n) is 5.74. The molecule has 1 heterocycles. The maximum Gasteiger partial charge on any atom is 0.244 e. The molecule has 0 aromatic heterocycles. The molecule has 0 saturated carbocycles. The molecule has 10 heteroatoms. The van der Waals surface area contributed by atoms with Crippen molar-refractivity contribution in [1.82, 2.24) is 10.2 Å². The van der Waals surface area contributed by atoms with Crippen molar-refractivity contribution < 1.29 is 27.5 Å². The fourth-order valence-corrected chi connectivity index (χ4v) is 4.69. The Hall–Kier alpha value is -3.27. The molecule has 1 atom stereocenters. The van der Waals surface area contributed by atoms with Gasteiger partial charge in [-0.25, -0.2) is 8.42 Å². The summed E-state index contributed by atoms with van der Waals surface area (Å²) in [5, 5.41) is 2.74. The highest BCUT2D eigenvalue weighted by atomic mass is 32.2. The number of benzene rings is 2. The van der Waals surface area contributed by atoms with Crippen molar-refractivity contribution in [2.45, 2.75) is 40.3 Å². The van der Waals surface area contributed by atoms with Gasteiger partial charge in [0.15, 0.2) is 11.5 Å². The molecule has 0 radical (unpaired) electrons. The van der Waals surface area contributed by atoms with Gasteiger partial charge in [0, 0.05) is 19.2 Å². The van der Waals surface area contributed by atoms with Crippen LogP contribution in [0.25, 0.3) is 0 Å². The number of sulfonamides is 1. The van der Waals surface area contributed by atoms with E-state index in [4.69, 9.17) is 9.47 Å². The number of anilines is 1. The topological polar surface area (TPSA) is 105 Å². The van der Waals surface area contributed by atoms with Crippen molar-refractivity contribution in [2.24, 2.45) is 0 Å². The molecule has 2 amide bonds. The Morgan fingerprint density at radius 3 is 2.47 bits per heavy atom. The largest absolute Gasteiger partial charge is 0.454 e. The predicted molar refractivity (Wildman–Crippen MR) is 129 cm³/mol. The van der Waals surface area contributed by atoms with Crippen LogP contribution < -0.4 is 19.1 Å². The SMILES string of the molecule is CCNC(=O)C(C)N(Cc1ccccc1C)C(=O)CN(c1ccc2c(c1)OCO2)S(=O)(=O)CC. The molecule has 0 fully saturated rings. The van der Waals surface area contributed by atoms with Crippen LogP contribution in [0.2, 0.25) is 0 Å². The van der Waals surface area contributed by atoms with Gasteiger partial charge in [0.1, 0.15) is 12.6 Å². The maximum atomic E-state index is 13.6. The number of hydrogen-bond acceptors (Lipinski definition) is 6. The van der Waals surface area contributed by atoms with Gasteiger partial charge in [0.25, 0.3) is 0 Å². The van der Waals surface area contributed by atoms with Crippen LogP contribution >= 0.6 is 0 Å². The Kier molecular flexibility index (Phi) is 8.03.